The molecule has 0 saturated carbocycles. The fourth-order valence-electron chi connectivity index (χ4n) is 6.34. The topological polar surface area (TPSA) is 14.2 Å². The van der Waals surface area contributed by atoms with Crippen molar-refractivity contribution in [2.24, 2.45) is 0 Å². The summed E-state index contributed by atoms with van der Waals surface area (Å²) in [5.41, 5.74) is 11.2. The highest BCUT2D eigenvalue weighted by atomic mass is 15.0. The van der Waals surface area contributed by atoms with E-state index in [1.165, 1.54) is 27.4 Å². The van der Waals surface area contributed by atoms with Crippen molar-refractivity contribution in [2.75, 3.05) is 0 Å². The van der Waals surface area contributed by atoms with E-state index in [0.717, 1.165) is 44.3 Å². The Morgan fingerprint density at radius 3 is 1.73 bits per heavy atom. The average molecular weight is 524 g/mol. The van der Waals surface area contributed by atoms with Crippen molar-refractivity contribution in [3.63, 3.8) is 0 Å². The summed E-state index contributed by atoms with van der Waals surface area (Å²) < 4.78 is 4.67. The first-order valence-corrected chi connectivity index (χ1v) is 13.8. The van der Waals surface area contributed by atoms with Gasteiger partial charge in [0.05, 0.1) is 28.6 Å². The number of rotatable bonds is 3. The van der Waals surface area contributed by atoms with E-state index in [9.17, 15) is 0 Å². The molecule has 0 unspecified atom stereocenters. The number of hydrogen-bond acceptors (Lipinski definition) is 0. The van der Waals surface area contributed by atoms with Crippen molar-refractivity contribution in [1.82, 2.24) is 9.13 Å². The van der Waals surface area contributed by atoms with Crippen molar-refractivity contribution in [3.05, 3.63) is 150 Å². The lowest BCUT2D eigenvalue weighted by Gasteiger charge is -2.11. The Morgan fingerprint density at radius 2 is 1.05 bits per heavy atom. The number of nitrogens with zero attached hydrogens (tertiary/aromatic N) is 3. The summed E-state index contributed by atoms with van der Waals surface area (Å²) in [6.07, 6.45) is 0. The normalized spacial score (nSPS) is 11.5. The van der Waals surface area contributed by atoms with Crippen LogP contribution in [0.25, 0.3) is 71.0 Å². The summed E-state index contributed by atoms with van der Waals surface area (Å²) >= 11 is 0. The standard InChI is InChI=1S/C38H25N3/c1-25-9-3-6-12-34(25)41-37-21-17-27(23-32(37)33-24-28(39-2)18-22-38(33)41)26-15-19-29(20-16-26)40-35-13-7-4-10-30(35)31-11-5-8-14-36(31)40/h3-24H,1H3. The molecule has 0 atom stereocenters. The highest BCUT2D eigenvalue weighted by Gasteiger charge is 2.16. The second-order valence-electron chi connectivity index (χ2n) is 10.6. The van der Waals surface area contributed by atoms with Crippen molar-refractivity contribution >= 4 is 49.3 Å². The summed E-state index contributed by atoms with van der Waals surface area (Å²) in [4.78, 5) is 3.72. The van der Waals surface area contributed by atoms with Crippen LogP contribution in [0.1, 0.15) is 5.56 Å². The summed E-state index contributed by atoms with van der Waals surface area (Å²) in [6, 6.07) is 47.2. The number of aromatic nitrogens is 2. The lowest BCUT2D eigenvalue weighted by molar-refractivity contribution is 1.15. The van der Waals surface area contributed by atoms with Crippen LogP contribution in [0.15, 0.2) is 133 Å². The van der Waals surface area contributed by atoms with Crippen molar-refractivity contribution in [3.8, 4) is 22.5 Å². The molecule has 0 aliphatic rings. The Hall–Kier alpha value is -5.59. The highest BCUT2D eigenvalue weighted by Crippen LogP contribution is 2.38. The molecule has 0 radical (unpaired) electrons. The van der Waals surface area contributed by atoms with Crippen LogP contribution >= 0.6 is 0 Å². The fourth-order valence-corrected chi connectivity index (χ4v) is 6.34. The van der Waals surface area contributed by atoms with Gasteiger partial charge < -0.3 is 9.13 Å². The van der Waals surface area contributed by atoms with Crippen LogP contribution in [0.3, 0.4) is 0 Å². The van der Waals surface area contributed by atoms with Gasteiger partial charge in [-0.25, -0.2) is 4.85 Å². The maximum absolute atomic E-state index is 7.61. The molecule has 0 amide bonds. The minimum absolute atomic E-state index is 0.655. The molecule has 0 aliphatic heterocycles. The van der Waals surface area contributed by atoms with Gasteiger partial charge >= 0.3 is 0 Å². The molecule has 0 bridgehead atoms. The fraction of sp³-hybridized carbons (Fsp3) is 0.0263. The molecule has 3 nitrogen and oxygen atoms in total. The molecule has 2 heterocycles. The molecular weight excluding hydrogens is 498 g/mol. The van der Waals surface area contributed by atoms with E-state index in [1.807, 2.05) is 12.1 Å². The molecule has 8 aromatic rings. The molecule has 3 heteroatoms. The molecule has 0 fully saturated rings. The molecule has 2 aromatic heterocycles. The summed E-state index contributed by atoms with van der Waals surface area (Å²) in [5.74, 6) is 0. The van der Waals surface area contributed by atoms with Gasteiger partial charge in [-0.15, -0.1) is 0 Å². The molecular formula is C38H25N3. The predicted octanol–water partition coefficient (Wildman–Crippen LogP) is 10.4. The number of para-hydroxylation sites is 3. The quantitative estimate of drug-likeness (QED) is 0.205. The largest absolute Gasteiger partial charge is 0.309 e. The summed E-state index contributed by atoms with van der Waals surface area (Å²) in [7, 11) is 0. The molecule has 8 rings (SSSR count). The Balaban J connectivity index is 1.30. The third-order valence-electron chi connectivity index (χ3n) is 8.27. The zero-order valence-corrected chi connectivity index (χ0v) is 22.5. The van der Waals surface area contributed by atoms with Crippen molar-refractivity contribution < 1.29 is 0 Å². The van der Waals surface area contributed by atoms with Gasteiger partial charge in [-0.1, -0.05) is 78.9 Å². The Bertz CT molecular complexity index is 2270. The van der Waals surface area contributed by atoms with E-state index in [1.54, 1.807) is 0 Å². The number of benzene rings is 6. The van der Waals surface area contributed by atoms with E-state index in [-0.39, 0.29) is 0 Å². The number of aryl methyl sites for hydroxylation is 1. The minimum atomic E-state index is 0.655. The van der Waals surface area contributed by atoms with Crippen LogP contribution in [0, 0.1) is 13.5 Å². The summed E-state index contributed by atoms with van der Waals surface area (Å²) in [6.45, 7) is 9.75. The van der Waals surface area contributed by atoms with Gasteiger partial charge in [-0.2, -0.15) is 0 Å². The maximum Gasteiger partial charge on any atom is 0.188 e. The van der Waals surface area contributed by atoms with Crippen molar-refractivity contribution in [1.29, 1.82) is 0 Å². The second-order valence-corrected chi connectivity index (χ2v) is 10.6. The number of fused-ring (bicyclic) bond motifs is 6. The van der Waals surface area contributed by atoms with Gasteiger partial charge in [0.25, 0.3) is 0 Å². The first-order chi connectivity index (χ1) is 20.2. The van der Waals surface area contributed by atoms with Crippen LogP contribution in [0.4, 0.5) is 5.69 Å². The molecule has 6 aromatic carbocycles. The van der Waals surface area contributed by atoms with Crippen LogP contribution < -0.4 is 0 Å². The van der Waals surface area contributed by atoms with Crippen LogP contribution in [-0.4, -0.2) is 9.13 Å². The molecule has 0 N–H and O–H groups in total. The molecule has 0 aliphatic carbocycles. The van der Waals surface area contributed by atoms with Crippen LogP contribution in [-0.2, 0) is 0 Å². The maximum atomic E-state index is 7.61. The molecule has 0 spiro atoms. The molecule has 0 saturated heterocycles. The number of hydrogen-bond donors (Lipinski definition) is 0. The predicted molar refractivity (Wildman–Crippen MR) is 172 cm³/mol. The van der Waals surface area contributed by atoms with E-state index < -0.39 is 0 Å². The molecule has 192 valence electrons. The monoisotopic (exact) mass is 523 g/mol. The van der Waals surface area contributed by atoms with Gasteiger partial charge in [0.15, 0.2) is 5.69 Å². The molecule has 41 heavy (non-hydrogen) atoms. The first-order valence-electron chi connectivity index (χ1n) is 13.8. The minimum Gasteiger partial charge on any atom is -0.309 e. The van der Waals surface area contributed by atoms with Crippen LogP contribution in [0.5, 0.6) is 0 Å². The Kier molecular flexibility index (Phi) is 5.10. The summed E-state index contributed by atoms with van der Waals surface area (Å²) in [5, 5.41) is 4.78. The average Bonchev–Trinajstić information content (AvgIpc) is 3.53. The first kappa shape index (κ1) is 23.3. The van der Waals surface area contributed by atoms with Gasteiger partial charge in [0, 0.05) is 27.5 Å². The third kappa shape index (κ3) is 3.51. The van der Waals surface area contributed by atoms with E-state index in [2.05, 4.69) is 142 Å². The van der Waals surface area contributed by atoms with E-state index in [0.29, 0.717) is 5.69 Å². The van der Waals surface area contributed by atoms with Gasteiger partial charge in [0.1, 0.15) is 0 Å². The van der Waals surface area contributed by atoms with Crippen LogP contribution in [0.2, 0.25) is 0 Å². The van der Waals surface area contributed by atoms with Gasteiger partial charge in [-0.3, -0.25) is 0 Å². The third-order valence-corrected chi connectivity index (χ3v) is 8.27. The Labute approximate surface area is 238 Å². The van der Waals surface area contributed by atoms with E-state index >= 15 is 0 Å². The zero-order valence-electron chi connectivity index (χ0n) is 22.5. The Morgan fingerprint density at radius 1 is 0.488 bits per heavy atom. The van der Waals surface area contributed by atoms with Gasteiger partial charge in [-0.05, 0) is 83.6 Å². The lowest BCUT2D eigenvalue weighted by Crippen LogP contribution is -1.96. The zero-order chi connectivity index (χ0) is 27.5. The second kappa shape index (κ2) is 8.98. The van der Waals surface area contributed by atoms with E-state index in [4.69, 9.17) is 6.57 Å². The van der Waals surface area contributed by atoms with Gasteiger partial charge in [0.2, 0.25) is 0 Å². The highest BCUT2D eigenvalue weighted by molar-refractivity contribution is 6.12. The smallest absolute Gasteiger partial charge is 0.188 e. The lowest BCUT2D eigenvalue weighted by atomic mass is 10.0. The SMILES string of the molecule is [C-]#[N+]c1ccc2c(c1)c1cc(-c3ccc(-n4c5ccccc5c5ccccc54)cc3)ccc1n2-c1ccccc1C. The van der Waals surface area contributed by atoms with Crippen molar-refractivity contribution in [2.45, 2.75) is 6.92 Å².